The zero-order chi connectivity index (χ0) is 21.8. The first-order valence-electron chi connectivity index (χ1n) is 9.64. The summed E-state index contributed by atoms with van der Waals surface area (Å²) >= 11 is 0. The molecule has 1 amide bonds. The van der Waals surface area contributed by atoms with Gasteiger partial charge in [-0.05, 0) is 36.4 Å². The first-order chi connectivity index (χ1) is 15.1. The largest absolute Gasteiger partial charge is 0.496 e. The number of para-hydroxylation sites is 1. The second kappa shape index (κ2) is 8.70. The highest BCUT2D eigenvalue weighted by Crippen LogP contribution is 2.28. The number of carbonyl (C=O) groups excluding carboxylic acids is 1. The topological polar surface area (TPSA) is 104 Å². The van der Waals surface area contributed by atoms with Crippen molar-refractivity contribution in [2.24, 2.45) is 7.05 Å². The molecule has 3 aromatic heterocycles. The number of hydrogen-bond donors (Lipinski definition) is 1. The molecule has 0 fully saturated rings. The van der Waals surface area contributed by atoms with Crippen LogP contribution in [-0.4, -0.2) is 39.1 Å². The summed E-state index contributed by atoms with van der Waals surface area (Å²) < 4.78 is 13.5. The molecule has 0 aliphatic rings. The summed E-state index contributed by atoms with van der Waals surface area (Å²) in [7, 11) is 3.29. The summed E-state index contributed by atoms with van der Waals surface area (Å²) in [6, 6.07) is 15.7. The number of aryl methyl sites for hydroxylation is 1. The lowest BCUT2D eigenvalue weighted by atomic mass is 10.1. The molecule has 0 aliphatic carbocycles. The molecule has 0 bridgehead atoms. The van der Waals surface area contributed by atoms with E-state index in [1.807, 2.05) is 24.3 Å². The average Bonchev–Trinajstić information content (AvgIpc) is 3.45. The molecule has 0 radical (unpaired) electrons. The third-order valence-corrected chi connectivity index (χ3v) is 4.74. The Bertz CT molecular complexity index is 1260. The molecular weight excluding hydrogens is 398 g/mol. The number of aromatic nitrogens is 4. The van der Waals surface area contributed by atoms with Crippen LogP contribution in [0, 0.1) is 0 Å². The highest BCUT2D eigenvalue weighted by atomic mass is 16.5. The van der Waals surface area contributed by atoms with Crippen LogP contribution in [0.15, 0.2) is 70.1 Å². The molecule has 9 nitrogen and oxygen atoms in total. The molecule has 9 heteroatoms. The molecule has 31 heavy (non-hydrogen) atoms. The minimum atomic E-state index is -0.300. The maximum atomic E-state index is 12.7. The van der Waals surface area contributed by atoms with Gasteiger partial charge >= 0.3 is 0 Å². The Morgan fingerprint density at radius 2 is 1.94 bits per heavy atom. The number of nitrogens with zero attached hydrogens (tertiary/aromatic N) is 4. The smallest absolute Gasteiger partial charge is 0.269 e. The number of furan rings is 1. The molecule has 4 rings (SSSR count). The molecule has 0 saturated heterocycles. The van der Waals surface area contributed by atoms with Crippen molar-refractivity contribution in [3.63, 3.8) is 0 Å². The van der Waals surface area contributed by atoms with Crippen LogP contribution < -0.4 is 15.6 Å². The van der Waals surface area contributed by atoms with E-state index >= 15 is 0 Å². The van der Waals surface area contributed by atoms with Gasteiger partial charge in [0.25, 0.3) is 11.5 Å². The van der Waals surface area contributed by atoms with Crippen molar-refractivity contribution in [1.82, 2.24) is 24.9 Å². The van der Waals surface area contributed by atoms with Crippen molar-refractivity contribution in [3.05, 3.63) is 76.9 Å². The number of amides is 1. The van der Waals surface area contributed by atoms with Crippen LogP contribution in [0.4, 0.5) is 0 Å². The van der Waals surface area contributed by atoms with Crippen molar-refractivity contribution >= 4 is 5.91 Å². The normalized spacial score (nSPS) is 10.8. The maximum absolute atomic E-state index is 12.7. The molecule has 0 unspecified atom stereocenters. The fourth-order valence-electron chi connectivity index (χ4n) is 3.20. The Balaban J connectivity index is 1.45. The molecule has 3 heterocycles. The predicted octanol–water partition coefficient (Wildman–Crippen LogP) is 2.34. The van der Waals surface area contributed by atoms with Crippen LogP contribution in [0.1, 0.15) is 10.5 Å². The van der Waals surface area contributed by atoms with E-state index in [1.54, 1.807) is 44.7 Å². The van der Waals surface area contributed by atoms with Crippen LogP contribution >= 0.6 is 0 Å². The van der Waals surface area contributed by atoms with Gasteiger partial charge in [0, 0.05) is 25.2 Å². The minimum Gasteiger partial charge on any atom is -0.496 e. The Morgan fingerprint density at radius 1 is 1.10 bits per heavy atom. The monoisotopic (exact) mass is 419 g/mol. The molecule has 0 aliphatic heterocycles. The van der Waals surface area contributed by atoms with Crippen LogP contribution in [0.5, 0.6) is 5.75 Å². The van der Waals surface area contributed by atoms with Crippen LogP contribution in [0.25, 0.3) is 22.7 Å². The summed E-state index contributed by atoms with van der Waals surface area (Å²) in [4.78, 5) is 24.8. The van der Waals surface area contributed by atoms with E-state index in [0.717, 1.165) is 5.56 Å². The first-order valence-corrected chi connectivity index (χ1v) is 9.64. The van der Waals surface area contributed by atoms with E-state index < -0.39 is 0 Å². The molecule has 1 N–H and O–H groups in total. The van der Waals surface area contributed by atoms with Crippen molar-refractivity contribution in [2.45, 2.75) is 6.54 Å². The van der Waals surface area contributed by atoms with E-state index in [1.165, 1.54) is 15.4 Å². The summed E-state index contributed by atoms with van der Waals surface area (Å²) in [5.74, 6) is 0.942. The SMILES string of the molecule is COc1ccccc1-c1cc(C(=O)NCCn2nc(-c3ccco3)ccc2=O)n(C)n1. The fraction of sp³-hybridized carbons (Fsp3) is 0.182. The average molecular weight is 419 g/mol. The predicted molar refractivity (Wildman–Crippen MR) is 114 cm³/mol. The van der Waals surface area contributed by atoms with Crippen molar-refractivity contribution in [3.8, 4) is 28.5 Å². The van der Waals surface area contributed by atoms with Gasteiger partial charge in [-0.25, -0.2) is 4.68 Å². The number of ether oxygens (including phenoxy) is 1. The van der Waals surface area contributed by atoms with Crippen molar-refractivity contribution in [2.75, 3.05) is 13.7 Å². The lowest BCUT2D eigenvalue weighted by Gasteiger charge is -2.07. The van der Waals surface area contributed by atoms with E-state index in [9.17, 15) is 9.59 Å². The number of methoxy groups -OCH3 is 1. The van der Waals surface area contributed by atoms with Gasteiger partial charge in [0.2, 0.25) is 0 Å². The molecule has 0 spiro atoms. The van der Waals surface area contributed by atoms with Gasteiger partial charge in [-0.2, -0.15) is 10.2 Å². The molecule has 0 saturated carbocycles. The molecular formula is C22H21N5O4. The summed E-state index contributed by atoms with van der Waals surface area (Å²) in [5, 5.41) is 11.5. The van der Waals surface area contributed by atoms with Gasteiger partial charge < -0.3 is 14.5 Å². The molecule has 1 aromatic carbocycles. The Labute approximate surface area is 177 Å². The Hall–Kier alpha value is -4.14. The Morgan fingerprint density at radius 3 is 2.71 bits per heavy atom. The van der Waals surface area contributed by atoms with Crippen LogP contribution in [-0.2, 0) is 13.6 Å². The zero-order valence-electron chi connectivity index (χ0n) is 17.1. The van der Waals surface area contributed by atoms with Crippen LogP contribution in [0.3, 0.4) is 0 Å². The maximum Gasteiger partial charge on any atom is 0.269 e. The quantitative estimate of drug-likeness (QED) is 0.493. The second-order valence-electron chi connectivity index (χ2n) is 6.75. The highest BCUT2D eigenvalue weighted by Gasteiger charge is 2.16. The third kappa shape index (κ3) is 4.25. The number of carbonyl (C=O) groups is 1. The Kier molecular flexibility index (Phi) is 5.65. The minimum absolute atomic E-state index is 0.219. The van der Waals surface area contributed by atoms with Crippen molar-refractivity contribution < 1.29 is 13.9 Å². The zero-order valence-corrected chi connectivity index (χ0v) is 17.1. The lowest BCUT2D eigenvalue weighted by molar-refractivity contribution is 0.0942. The van der Waals surface area contributed by atoms with E-state index in [0.29, 0.717) is 28.6 Å². The number of nitrogens with one attached hydrogen (secondary N) is 1. The lowest BCUT2D eigenvalue weighted by Crippen LogP contribution is -2.32. The summed E-state index contributed by atoms with van der Waals surface area (Å²) in [6.07, 6.45) is 1.54. The van der Waals surface area contributed by atoms with Crippen LogP contribution in [0.2, 0.25) is 0 Å². The summed E-state index contributed by atoms with van der Waals surface area (Å²) in [6.45, 7) is 0.443. The first kappa shape index (κ1) is 20.1. The molecule has 158 valence electrons. The number of benzene rings is 1. The van der Waals surface area contributed by atoms with Gasteiger partial charge in [0.05, 0.1) is 25.6 Å². The second-order valence-corrected chi connectivity index (χ2v) is 6.75. The number of rotatable bonds is 7. The van der Waals surface area contributed by atoms with Gasteiger partial charge in [-0.3, -0.25) is 14.3 Å². The standard InChI is InChI=1S/C22H21N5O4/c1-26-18(14-17(24-26)15-6-3-4-7-19(15)30-2)22(29)23-11-12-27-21(28)10-9-16(25-27)20-8-5-13-31-20/h3-10,13-14H,11-12H2,1-2H3,(H,23,29). The summed E-state index contributed by atoms with van der Waals surface area (Å²) in [5.41, 5.74) is 2.11. The van der Waals surface area contributed by atoms with E-state index in [-0.39, 0.29) is 24.6 Å². The van der Waals surface area contributed by atoms with E-state index in [4.69, 9.17) is 9.15 Å². The van der Waals surface area contributed by atoms with Gasteiger partial charge in [-0.1, -0.05) is 12.1 Å². The van der Waals surface area contributed by atoms with Gasteiger partial charge in [0.15, 0.2) is 5.76 Å². The number of hydrogen-bond acceptors (Lipinski definition) is 6. The van der Waals surface area contributed by atoms with Crippen molar-refractivity contribution in [1.29, 1.82) is 0 Å². The third-order valence-electron chi connectivity index (χ3n) is 4.74. The highest BCUT2D eigenvalue weighted by molar-refractivity contribution is 5.93. The fourth-order valence-corrected chi connectivity index (χ4v) is 3.20. The molecule has 0 atom stereocenters. The van der Waals surface area contributed by atoms with E-state index in [2.05, 4.69) is 15.5 Å². The van der Waals surface area contributed by atoms with Gasteiger partial charge in [-0.15, -0.1) is 0 Å². The molecule has 4 aromatic rings. The van der Waals surface area contributed by atoms with Gasteiger partial charge in [0.1, 0.15) is 17.1 Å².